The highest BCUT2D eigenvalue weighted by Gasteiger charge is 2.51. The first-order chi connectivity index (χ1) is 28.2. The summed E-state index contributed by atoms with van der Waals surface area (Å²) in [4.78, 5) is 9.97. The molecule has 0 saturated carbocycles. The lowest BCUT2D eigenvalue weighted by Gasteiger charge is -2.30. The SMILES string of the molecule is N#Cc1ccc2c(c1)C1(c3ccccc3-c3ccccc31)c1cc(-c3ccc(-c4ccc(-c5cc(-c6ccccc6)nc(-c6ccccc6)n5)cc4)cc3)ccc1-2. The van der Waals surface area contributed by atoms with Crippen LogP contribution in [0.3, 0.4) is 0 Å². The Hall–Kier alpha value is -7.67. The number of aromatic nitrogens is 2. The minimum atomic E-state index is -0.504. The van der Waals surface area contributed by atoms with Crippen LogP contribution in [0.1, 0.15) is 27.8 Å². The fourth-order valence-electron chi connectivity index (χ4n) is 9.15. The minimum Gasteiger partial charge on any atom is -0.228 e. The zero-order chi connectivity index (χ0) is 37.9. The maximum Gasteiger partial charge on any atom is 0.160 e. The molecule has 0 radical (unpaired) electrons. The quantitative estimate of drug-likeness (QED) is 0.178. The van der Waals surface area contributed by atoms with Gasteiger partial charge in [0.15, 0.2) is 5.82 Å². The third kappa shape index (κ3) is 5.12. The van der Waals surface area contributed by atoms with Crippen LogP contribution in [0.2, 0.25) is 0 Å². The lowest BCUT2D eigenvalue weighted by atomic mass is 9.70. The van der Waals surface area contributed by atoms with E-state index < -0.39 is 5.41 Å². The molecular weight excluding hydrogens is 691 g/mol. The first-order valence-corrected chi connectivity index (χ1v) is 19.3. The van der Waals surface area contributed by atoms with Crippen LogP contribution in [-0.4, -0.2) is 9.97 Å². The van der Waals surface area contributed by atoms with Crippen LogP contribution in [0.5, 0.6) is 0 Å². The molecule has 0 fully saturated rings. The zero-order valence-corrected chi connectivity index (χ0v) is 30.9. The molecule has 2 aliphatic carbocycles. The Labute approximate surface area is 331 Å². The van der Waals surface area contributed by atoms with E-state index in [4.69, 9.17) is 9.97 Å². The molecule has 0 atom stereocenters. The van der Waals surface area contributed by atoms with Crippen molar-refractivity contribution < 1.29 is 0 Å². The van der Waals surface area contributed by atoms with Crippen LogP contribution in [0.25, 0.3) is 78.4 Å². The number of nitrogens with zero attached hydrogens (tertiary/aromatic N) is 3. The fraction of sp³-hybridized carbons (Fsp3) is 0.0185. The average molecular weight is 724 g/mol. The van der Waals surface area contributed by atoms with Crippen molar-refractivity contribution in [1.29, 1.82) is 5.26 Å². The van der Waals surface area contributed by atoms with E-state index in [1.165, 1.54) is 44.5 Å². The summed E-state index contributed by atoms with van der Waals surface area (Å²) >= 11 is 0. The normalized spacial score (nSPS) is 12.7. The van der Waals surface area contributed by atoms with Crippen molar-refractivity contribution in [3.8, 4) is 84.5 Å². The van der Waals surface area contributed by atoms with Crippen LogP contribution < -0.4 is 0 Å². The first kappa shape index (κ1) is 32.7. The van der Waals surface area contributed by atoms with Crippen LogP contribution in [0, 0.1) is 11.3 Å². The molecule has 0 amide bonds. The monoisotopic (exact) mass is 723 g/mol. The van der Waals surface area contributed by atoms with Gasteiger partial charge < -0.3 is 0 Å². The molecule has 0 unspecified atom stereocenters. The summed E-state index contributed by atoms with van der Waals surface area (Å²) in [6, 6.07) is 73.2. The molecule has 9 aromatic rings. The van der Waals surface area contributed by atoms with E-state index >= 15 is 0 Å². The van der Waals surface area contributed by atoms with Crippen LogP contribution in [-0.2, 0) is 5.41 Å². The van der Waals surface area contributed by atoms with E-state index in [-0.39, 0.29) is 0 Å². The average Bonchev–Trinajstić information content (AvgIpc) is 3.76. The lowest BCUT2D eigenvalue weighted by Crippen LogP contribution is -2.26. The second kappa shape index (κ2) is 13.0. The van der Waals surface area contributed by atoms with Gasteiger partial charge in [-0.3, -0.25) is 0 Å². The van der Waals surface area contributed by atoms with E-state index in [2.05, 4.69) is 164 Å². The summed E-state index contributed by atoms with van der Waals surface area (Å²) in [5, 5.41) is 10.0. The topological polar surface area (TPSA) is 49.6 Å². The zero-order valence-electron chi connectivity index (χ0n) is 30.9. The summed E-state index contributed by atoms with van der Waals surface area (Å²) in [7, 11) is 0. The van der Waals surface area contributed by atoms with Gasteiger partial charge in [0.2, 0.25) is 0 Å². The van der Waals surface area contributed by atoms with E-state index in [1.807, 2.05) is 42.5 Å². The predicted molar refractivity (Wildman–Crippen MR) is 230 cm³/mol. The Morgan fingerprint density at radius 1 is 0.333 bits per heavy atom. The van der Waals surface area contributed by atoms with Gasteiger partial charge in [0, 0.05) is 16.7 Å². The highest BCUT2D eigenvalue weighted by Crippen LogP contribution is 2.63. The number of benzene rings is 8. The summed E-state index contributed by atoms with van der Waals surface area (Å²) < 4.78 is 0. The van der Waals surface area contributed by atoms with E-state index in [0.717, 1.165) is 50.3 Å². The highest BCUT2D eigenvalue weighted by atomic mass is 14.9. The Bertz CT molecular complexity index is 2950. The van der Waals surface area contributed by atoms with Crippen molar-refractivity contribution in [3.05, 3.63) is 228 Å². The number of nitriles is 1. The van der Waals surface area contributed by atoms with Gasteiger partial charge in [0.05, 0.1) is 28.4 Å². The maximum atomic E-state index is 10.0. The lowest BCUT2D eigenvalue weighted by molar-refractivity contribution is 0.793. The molecule has 3 heteroatoms. The summed E-state index contributed by atoms with van der Waals surface area (Å²) in [6.07, 6.45) is 0. The highest BCUT2D eigenvalue weighted by molar-refractivity contribution is 5.96. The Morgan fingerprint density at radius 3 is 1.33 bits per heavy atom. The molecular formula is C54H33N3. The maximum absolute atomic E-state index is 10.0. The van der Waals surface area contributed by atoms with Gasteiger partial charge in [0.25, 0.3) is 0 Å². The molecule has 3 nitrogen and oxygen atoms in total. The van der Waals surface area contributed by atoms with Gasteiger partial charge in [-0.2, -0.15) is 5.26 Å². The molecule has 8 aromatic carbocycles. The van der Waals surface area contributed by atoms with E-state index in [1.54, 1.807) is 0 Å². The standard InChI is InChI=1S/C54H33N3/c55-34-35-19-29-45-46-30-28-42(32-50(46)54(49(45)31-35)47-17-9-7-15-43(47)44-16-8-10-18-48(44)54)38-22-20-36(21-23-38)37-24-26-40(27-25-37)52-33-51(39-11-3-1-4-12-39)56-53(57-52)41-13-5-2-6-14-41/h1-33H. The van der Waals surface area contributed by atoms with Crippen LogP contribution in [0.15, 0.2) is 200 Å². The minimum absolute atomic E-state index is 0.504. The predicted octanol–water partition coefficient (Wildman–Crippen LogP) is 13.0. The molecule has 57 heavy (non-hydrogen) atoms. The fourth-order valence-corrected chi connectivity index (χ4v) is 9.15. The Kier molecular flexibility index (Phi) is 7.45. The molecule has 0 N–H and O–H groups in total. The number of rotatable bonds is 5. The van der Waals surface area contributed by atoms with Crippen LogP contribution >= 0.6 is 0 Å². The number of hydrogen-bond donors (Lipinski definition) is 0. The first-order valence-electron chi connectivity index (χ1n) is 19.3. The van der Waals surface area contributed by atoms with Gasteiger partial charge in [-0.25, -0.2) is 9.97 Å². The summed E-state index contributed by atoms with van der Waals surface area (Å²) in [6.45, 7) is 0. The molecule has 11 rings (SSSR count). The third-order valence-corrected chi connectivity index (χ3v) is 11.8. The largest absolute Gasteiger partial charge is 0.228 e. The van der Waals surface area contributed by atoms with Gasteiger partial charge in [-0.1, -0.05) is 176 Å². The molecule has 1 heterocycles. The summed E-state index contributed by atoms with van der Waals surface area (Å²) in [5.74, 6) is 0.709. The molecule has 264 valence electrons. The molecule has 0 aliphatic heterocycles. The smallest absolute Gasteiger partial charge is 0.160 e. The third-order valence-electron chi connectivity index (χ3n) is 11.8. The van der Waals surface area contributed by atoms with Gasteiger partial charge in [-0.15, -0.1) is 0 Å². The van der Waals surface area contributed by atoms with Gasteiger partial charge in [0.1, 0.15) is 0 Å². The van der Waals surface area contributed by atoms with E-state index in [0.29, 0.717) is 11.4 Å². The van der Waals surface area contributed by atoms with Crippen molar-refractivity contribution in [1.82, 2.24) is 9.97 Å². The molecule has 1 aromatic heterocycles. The Morgan fingerprint density at radius 2 is 0.754 bits per heavy atom. The summed E-state index contributed by atoms with van der Waals surface area (Å²) in [5.41, 5.74) is 19.6. The number of hydrogen-bond acceptors (Lipinski definition) is 3. The van der Waals surface area contributed by atoms with E-state index in [9.17, 15) is 5.26 Å². The molecule has 0 saturated heterocycles. The van der Waals surface area contributed by atoms with Crippen LogP contribution in [0.4, 0.5) is 0 Å². The van der Waals surface area contributed by atoms with Gasteiger partial charge >= 0.3 is 0 Å². The Balaban J connectivity index is 0.957. The van der Waals surface area contributed by atoms with Crippen molar-refractivity contribution >= 4 is 0 Å². The second-order valence-corrected chi connectivity index (χ2v) is 14.8. The van der Waals surface area contributed by atoms with Gasteiger partial charge in [-0.05, 0) is 91.0 Å². The molecule has 0 bridgehead atoms. The second-order valence-electron chi connectivity index (χ2n) is 14.8. The van der Waals surface area contributed by atoms with Crippen molar-refractivity contribution in [2.24, 2.45) is 0 Å². The van der Waals surface area contributed by atoms with Crippen molar-refractivity contribution in [3.63, 3.8) is 0 Å². The van der Waals surface area contributed by atoms with Crippen molar-refractivity contribution in [2.45, 2.75) is 5.41 Å². The molecule has 2 aliphatic rings. The molecule has 1 spiro atoms. The number of fused-ring (bicyclic) bond motifs is 10. The van der Waals surface area contributed by atoms with Crippen molar-refractivity contribution in [2.75, 3.05) is 0 Å².